The van der Waals surface area contributed by atoms with Crippen molar-refractivity contribution in [3.8, 4) is 0 Å². The van der Waals surface area contributed by atoms with Crippen molar-refractivity contribution in [3.63, 3.8) is 0 Å². The predicted octanol–water partition coefficient (Wildman–Crippen LogP) is -0.392. The summed E-state index contributed by atoms with van der Waals surface area (Å²) in [6, 6.07) is 7.37. The largest absolute Gasteiger partial charge is 0.343 e. The summed E-state index contributed by atoms with van der Waals surface area (Å²) in [4.78, 5) is 34.4. The summed E-state index contributed by atoms with van der Waals surface area (Å²) in [5.74, 6) is -1.23. The molecular weight excluding hydrogens is 246 g/mol. The number of hydrogen-bond donors (Lipinski definition) is 3. The van der Waals surface area contributed by atoms with Crippen LogP contribution in [0.5, 0.6) is 0 Å². The highest BCUT2D eigenvalue weighted by molar-refractivity contribution is 6.02. The van der Waals surface area contributed by atoms with E-state index in [9.17, 15) is 14.4 Å². The fraction of sp³-hybridized carbons (Fsp3) is 0.308. The zero-order chi connectivity index (χ0) is 13.8. The summed E-state index contributed by atoms with van der Waals surface area (Å²) in [7, 11) is 0. The van der Waals surface area contributed by atoms with Gasteiger partial charge in [-0.3, -0.25) is 19.7 Å². The van der Waals surface area contributed by atoms with Crippen LogP contribution < -0.4 is 16.4 Å². The molecule has 1 aromatic rings. The number of carbonyl (C=O) groups excluding carboxylic acids is 3. The van der Waals surface area contributed by atoms with E-state index < -0.39 is 23.9 Å². The van der Waals surface area contributed by atoms with Crippen molar-refractivity contribution in [1.82, 2.24) is 10.6 Å². The molecule has 2 rings (SSSR count). The van der Waals surface area contributed by atoms with Crippen LogP contribution >= 0.6 is 0 Å². The van der Waals surface area contributed by atoms with Crippen LogP contribution in [0.25, 0.3) is 0 Å². The van der Waals surface area contributed by atoms with E-state index in [1.54, 1.807) is 24.3 Å². The van der Waals surface area contributed by atoms with E-state index in [-0.39, 0.29) is 12.3 Å². The summed E-state index contributed by atoms with van der Waals surface area (Å²) in [5, 5.41) is 4.74. The molecule has 6 heteroatoms. The van der Waals surface area contributed by atoms with Crippen molar-refractivity contribution in [2.75, 3.05) is 0 Å². The van der Waals surface area contributed by atoms with Crippen molar-refractivity contribution in [2.24, 2.45) is 5.73 Å². The van der Waals surface area contributed by atoms with Crippen LogP contribution in [0.15, 0.2) is 30.3 Å². The van der Waals surface area contributed by atoms with Crippen molar-refractivity contribution < 1.29 is 14.4 Å². The molecule has 0 aliphatic carbocycles. The lowest BCUT2D eigenvalue weighted by Gasteiger charge is -2.23. The maximum absolute atomic E-state index is 11.9. The van der Waals surface area contributed by atoms with Gasteiger partial charge in [-0.15, -0.1) is 0 Å². The predicted molar refractivity (Wildman–Crippen MR) is 67.7 cm³/mol. The molecule has 1 saturated heterocycles. The summed E-state index contributed by atoms with van der Waals surface area (Å²) in [5.41, 5.74) is 6.49. The third-order valence-corrected chi connectivity index (χ3v) is 3.00. The molecule has 0 radical (unpaired) electrons. The zero-order valence-corrected chi connectivity index (χ0v) is 10.3. The number of imide groups is 1. The number of benzene rings is 1. The van der Waals surface area contributed by atoms with Gasteiger partial charge in [-0.1, -0.05) is 30.3 Å². The van der Waals surface area contributed by atoms with Gasteiger partial charge in [0, 0.05) is 6.42 Å². The third-order valence-electron chi connectivity index (χ3n) is 3.00. The molecule has 1 aliphatic rings. The lowest BCUT2D eigenvalue weighted by molar-refractivity contribution is -0.137. The second-order valence-electron chi connectivity index (χ2n) is 4.40. The monoisotopic (exact) mass is 261 g/mol. The Labute approximate surface area is 110 Å². The van der Waals surface area contributed by atoms with Crippen LogP contribution in [0.4, 0.5) is 0 Å². The van der Waals surface area contributed by atoms with Gasteiger partial charge < -0.3 is 11.1 Å². The normalized spacial score (nSPS) is 20.6. The Hall–Kier alpha value is -2.21. The molecule has 0 bridgehead atoms. The summed E-state index contributed by atoms with van der Waals surface area (Å²) >= 11 is 0. The number of piperidine rings is 1. The molecule has 19 heavy (non-hydrogen) atoms. The SMILES string of the molecule is N[C@@H](C(=O)NC1CCC(=O)NC1=O)c1ccccc1. The van der Waals surface area contributed by atoms with E-state index in [1.807, 2.05) is 6.07 Å². The molecular formula is C13H15N3O3. The molecule has 1 fully saturated rings. The molecule has 6 nitrogen and oxygen atoms in total. The second kappa shape index (κ2) is 5.62. The molecule has 2 atom stereocenters. The number of rotatable bonds is 3. The molecule has 100 valence electrons. The maximum Gasteiger partial charge on any atom is 0.249 e. The quantitative estimate of drug-likeness (QED) is 0.645. The van der Waals surface area contributed by atoms with Crippen LogP contribution in [0.1, 0.15) is 24.4 Å². The highest BCUT2D eigenvalue weighted by Crippen LogP contribution is 2.11. The smallest absolute Gasteiger partial charge is 0.249 e. The average molecular weight is 261 g/mol. The van der Waals surface area contributed by atoms with E-state index in [0.29, 0.717) is 12.0 Å². The van der Waals surface area contributed by atoms with Gasteiger partial charge in [-0.25, -0.2) is 0 Å². The van der Waals surface area contributed by atoms with Gasteiger partial charge in [0.1, 0.15) is 12.1 Å². The molecule has 1 heterocycles. The standard InChI is InChI=1S/C13H15N3O3/c14-11(8-4-2-1-3-5-8)13(19)15-9-6-7-10(17)16-12(9)18/h1-5,9,11H,6-7,14H2,(H,15,19)(H,16,17,18)/t9?,11-/m1/s1. The fourth-order valence-electron chi connectivity index (χ4n) is 1.90. The first kappa shape index (κ1) is 13.2. The minimum atomic E-state index is -0.827. The molecule has 1 aliphatic heterocycles. The van der Waals surface area contributed by atoms with Crippen molar-refractivity contribution in [2.45, 2.75) is 24.9 Å². The number of nitrogens with one attached hydrogen (secondary N) is 2. The van der Waals surface area contributed by atoms with E-state index >= 15 is 0 Å². The molecule has 3 amide bonds. The number of carbonyl (C=O) groups is 3. The Morgan fingerprint density at radius 1 is 1.32 bits per heavy atom. The van der Waals surface area contributed by atoms with Gasteiger partial charge in [-0.2, -0.15) is 0 Å². The third kappa shape index (κ3) is 3.17. The Kier molecular flexibility index (Phi) is 3.91. The van der Waals surface area contributed by atoms with Crippen LogP contribution in [0.3, 0.4) is 0 Å². The van der Waals surface area contributed by atoms with Gasteiger partial charge in [0.25, 0.3) is 0 Å². The lowest BCUT2D eigenvalue weighted by Crippen LogP contribution is -2.53. The molecule has 0 aromatic heterocycles. The van der Waals surface area contributed by atoms with E-state index in [0.717, 1.165) is 0 Å². The first-order chi connectivity index (χ1) is 9.08. The lowest BCUT2D eigenvalue weighted by atomic mass is 10.0. The summed E-state index contributed by atoms with van der Waals surface area (Å²) < 4.78 is 0. The number of amides is 3. The van der Waals surface area contributed by atoms with E-state index in [4.69, 9.17) is 5.73 Å². The van der Waals surface area contributed by atoms with Crippen LogP contribution in [-0.2, 0) is 14.4 Å². The van der Waals surface area contributed by atoms with Crippen molar-refractivity contribution >= 4 is 17.7 Å². The van der Waals surface area contributed by atoms with Crippen LogP contribution in [-0.4, -0.2) is 23.8 Å². The molecule has 0 spiro atoms. The van der Waals surface area contributed by atoms with Gasteiger partial charge >= 0.3 is 0 Å². The number of hydrogen-bond acceptors (Lipinski definition) is 4. The zero-order valence-electron chi connectivity index (χ0n) is 10.3. The van der Waals surface area contributed by atoms with Crippen LogP contribution in [0.2, 0.25) is 0 Å². The van der Waals surface area contributed by atoms with Gasteiger partial charge in [0.2, 0.25) is 17.7 Å². The highest BCUT2D eigenvalue weighted by Gasteiger charge is 2.29. The molecule has 0 saturated carbocycles. The van der Waals surface area contributed by atoms with Gasteiger partial charge in [0.15, 0.2) is 0 Å². The highest BCUT2D eigenvalue weighted by atomic mass is 16.2. The first-order valence-electron chi connectivity index (χ1n) is 6.02. The first-order valence-corrected chi connectivity index (χ1v) is 6.02. The minimum Gasteiger partial charge on any atom is -0.343 e. The topological polar surface area (TPSA) is 101 Å². The summed E-state index contributed by atoms with van der Waals surface area (Å²) in [6.45, 7) is 0. The van der Waals surface area contributed by atoms with Crippen molar-refractivity contribution in [1.29, 1.82) is 0 Å². The van der Waals surface area contributed by atoms with E-state index in [1.165, 1.54) is 0 Å². The fourth-order valence-corrected chi connectivity index (χ4v) is 1.90. The number of nitrogens with two attached hydrogens (primary N) is 1. The second-order valence-corrected chi connectivity index (χ2v) is 4.40. The Morgan fingerprint density at radius 3 is 2.63 bits per heavy atom. The maximum atomic E-state index is 11.9. The van der Waals surface area contributed by atoms with Crippen LogP contribution in [0, 0.1) is 0 Å². The Morgan fingerprint density at radius 2 is 2.00 bits per heavy atom. The molecule has 4 N–H and O–H groups in total. The minimum absolute atomic E-state index is 0.220. The molecule has 1 unspecified atom stereocenters. The van der Waals surface area contributed by atoms with Gasteiger partial charge in [-0.05, 0) is 12.0 Å². The Balaban J connectivity index is 1.98. The average Bonchev–Trinajstić information content (AvgIpc) is 2.42. The molecule has 1 aromatic carbocycles. The Bertz CT molecular complexity index is 501. The van der Waals surface area contributed by atoms with Crippen molar-refractivity contribution in [3.05, 3.63) is 35.9 Å². The van der Waals surface area contributed by atoms with Gasteiger partial charge in [0.05, 0.1) is 0 Å². The van der Waals surface area contributed by atoms with E-state index in [2.05, 4.69) is 10.6 Å². The summed E-state index contributed by atoms with van der Waals surface area (Å²) in [6.07, 6.45) is 0.523.